The fraction of sp³-hybridized carbons (Fsp3) is 0.133. The minimum Gasteiger partial charge on any atom is -0.428 e. The van der Waals surface area contributed by atoms with Crippen molar-refractivity contribution in [3.8, 4) is 0 Å². The number of nitrogens with one attached hydrogen (secondary N) is 2. The van der Waals surface area contributed by atoms with Crippen molar-refractivity contribution < 1.29 is 14.7 Å². The minimum atomic E-state index is -0.888. The predicted molar refractivity (Wildman–Crippen MR) is 88.1 cm³/mol. The molecule has 0 saturated carbocycles. The summed E-state index contributed by atoms with van der Waals surface area (Å²) in [4.78, 5) is 11.8. The van der Waals surface area contributed by atoms with Crippen LogP contribution in [0, 0.1) is 0 Å². The minimum absolute atomic E-state index is 0.270. The van der Waals surface area contributed by atoms with Gasteiger partial charge in [-0.15, -0.1) is 0 Å². The number of benzene rings is 2. The van der Waals surface area contributed by atoms with Crippen molar-refractivity contribution in [2.45, 2.75) is 12.6 Å². The second-order valence-corrected chi connectivity index (χ2v) is 5.73. The molecule has 2 aromatic rings. The van der Waals surface area contributed by atoms with E-state index in [1.54, 1.807) is 36.4 Å². The number of anilines is 1. The van der Waals surface area contributed by atoms with Gasteiger partial charge in [-0.2, -0.15) is 5.48 Å². The molecule has 7 heteroatoms. The monoisotopic (exact) mass is 384 g/mol. The van der Waals surface area contributed by atoms with Crippen molar-refractivity contribution in [3.05, 3.63) is 63.6 Å². The number of hydroxylamine groups is 1. The van der Waals surface area contributed by atoms with Gasteiger partial charge in [-0.1, -0.05) is 35.9 Å². The Morgan fingerprint density at radius 2 is 2.00 bits per heavy atom. The Kier molecular flexibility index (Phi) is 6.21. The quantitative estimate of drug-likeness (QED) is 0.533. The highest BCUT2D eigenvalue weighted by atomic mass is 79.9. The molecule has 5 nitrogen and oxygen atoms in total. The number of para-hydroxylation sites is 1. The van der Waals surface area contributed by atoms with Gasteiger partial charge < -0.3 is 9.94 Å². The van der Waals surface area contributed by atoms with Gasteiger partial charge in [0.25, 0.3) is 0 Å². The predicted octanol–water partition coefficient (Wildman–Crippen LogP) is 4.20. The van der Waals surface area contributed by atoms with Crippen molar-refractivity contribution in [2.75, 3.05) is 5.32 Å². The summed E-state index contributed by atoms with van der Waals surface area (Å²) in [7, 11) is 0. The van der Waals surface area contributed by atoms with E-state index < -0.39 is 12.3 Å². The third kappa shape index (κ3) is 4.99. The molecule has 0 saturated heterocycles. The third-order valence-electron chi connectivity index (χ3n) is 2.82. The van der Waals surface area contributed by atoms with E-state index in [1.807, 2.05) is 17.6 Å². The summed E-state index contributed by atoms with van der Waals surface area (Å²) < 4.78 is 5.88. The van der Waals surface area contributed by atoms with Crippen LogP contribution >= 0.6 is 27.5 Å². The molecular weight excluding hydrogens is 372 g/mol. The molecule has 0 spiro atoms. The SMILES string of the molecule is O=C(Nc1ccccc1)OC(Cc1ccc(Br)c(Cl)c1)NO. The van der Waals surface area contributed by atoms with E-state index in [9.17, 15) is 4.79 Å². The second kappa shape index (κ2) is 8.14. The van der Waals surface area contributed by atoms with E-state index in [0.717, 1.165) is 10.0 Å². The maximum atomic E-state index is 11.8. The molecule has 0 aliphatic rings. The number of hydrogen-bond acceptors (Lipinski definition) is 4. The van der Waals surface area contributed by atoms with E-state index in [0.29, 0.717) is 10.7 Å². The Hall–Kier alpha value is -1.60. The van der Waals surface area contributed by atoms with E-state index in [-0.39, 0.29) is 6.42 Å². The molecule has 0 aliphatic carbocycles. The van der Waals surface area contributed by atoms with Crippen LogP contribution in [-0.2, 0) is 11.2 Å². The molecule has 1 amide bonds. The average molecular weight is 386 g/mol. The van der Waals surface area contributed by atoms with Crippen LogP contribution in [0.1, 0.15) is 5.56 Å². The summed E-state index contributed by atoms with van der Waals surface area (Å²) in [6.45, 7) is 0. The lowest BCUT2D eigenvalue weighted by molar-refractivity contribution is -0.00661. The zero-order chi connectivity index (χ0) is 15.9. The molecule has 0 heterocycles. The molecule has 2 aromatic carbocycles. The van der Waals surface area contributed by atoms with Crippen molar-refractivity contribution in [1.29, 1.82) is 0 Å². The Balaban J connectivity index is 1.94. The summed E-state index contributed by atoms with van der Waals surface area (Å²) in [6.07, 6.45) is -1.28. The number of amides is 1. The first-order chi connectivity index (χ1) is 10.6. The van der Waals surface area contributed by atoms with Crippen LogP contribution in [0.4, 0.5) is 10.5 Å². The Morgan fingerprint density at radius 3 is 2.64 bits per heavy atom. The summed E-state index contributed by atoms with van der Waals surface area (Å²) >= 11 is 9.30. The molecule has 116 valence electrons. The molecule has 0 aromatic heterocycles. The smallest absolute Gasteiger partial charge is 0.413 e. The summed E-state index contributed by atoms with van der Waals surface area (Å²) in [6, 6.07) is 14.2. The number of hydrogen-bond donors (Lipinski definition) is 3. The normalized spacial score (nSPS) is 11.8. The van der Waals surface area contributed by atoms with Gasteiger partial charge in [0.2, 0.25) is 0 Å². The van der Waals surface area contributed by atoms with Crippen LogP contribution in [0.15, 0.2) is 53.0 Å². The van der Waals surface area contributed by atoms with Crippen molar-refractivity contribution in [3.63, 3.8) is 0 Å². The number of carbonyl (C=O) groups is 1. The molecule has 0 radical (unpaired) electrons. The highest BCUT2D eigenvalue weighted by Crippen LogP contribution is 2.23. The number of halogens is 2. The molecule has 0 bridgehead atoms. The molecule has 1 atom stereocenters. The van der Waals surface area contributed by atoms with Gasteiger partial charge in [-0.3, -0.25) is 5.32 Å². The van der Waals surface area contributed by atoms with E-state index in [2.05, 4.69) is 21.2 Å². The van der Waals surface area contributed by atoms with Crippen LogP contribution in [0.25, 0.3) is 0 Å². The molecule has 0 aliphatic heterocycles. The first kappa shape index (κ1) is 16.8. The molecule has 22 heavy (non-hydrogen) atoms. The first-order valence-electron chi connectivity index (χ1n) is 6.44. The average Bonchev–Trinajstić information content (AvgIpc) is 2.51. The molecule has 3 N–H and O–H groups in total. The summed E-state index contributed by atoms with van der Waals surface area (Å²) in [5.41, 5.74) is 3.38. The van der Waals surface area contributed by atoms with Crippen LogP contribution < -0.4 is 10.8 Å². The summed E-state index contributed by atoms with van der Waals surface area (Å²) in [5, 5.41) is 12.2. The fourth-order valence-electron chi connectivity index (χ4n) is 1.79. The van der Waals surface area contributed by atoms with Gasteiger partial charge in [0.05, 0.1) is 5.02 Å². The van der Waals surface area contributed by atoms with Crippen molar-refractivity contribution in [1.82, 2.24) is 5.48 Å². The molecule has 1 unspecified atom stereocenters. The van der Waals surface area contributed by atoms with Crippen molar-refractivity contribution in [2.24, 2.45) is 0 Å². The number of rotatable bonds is 5. The molecule has 0 fully saturated rings. The Labute approximate surface area is 141 Å². The zero-order valence-electron chi connectivity index (χ0n) is 11.4. The molecular formula is C15H14BrClN2O3. The lowest BCUT2D eigenvalue weighted by Gasteiger charge is -2.17. The fourth-order valence-corrected chi connectivity index (χ4v) is 2.24. The second-order valence-electron chi connectivity index (χ2n) is 4.47. The van der Waals surface area contributed by atoms with Crippen LogP contribution in [0.5, 0.6) is 0 Å². The maximum absolute atomic E-state index is 11.8. The number of carbonyl (C=O) groups excluding carboxylic acids is 1. The Morgan fingerprint density at radius 1 is 1.27 bits per heavy atom. The standard InChI is InChI=1S/C15H14BrClN2O3/c16-12-7-6-10(8-13(12)17)9-14(19-21)22-15(20)18-11-4-2-1-3-5-11/h1-8,14,19,21H,9H2,(H,18,20). The van der Waals surface area contributed by atoms with Gasteiger partial charge >= 0.3 is 6.09 Å². The first-order valence-corrected chi connectivity index (χ1v) is 7.62. The lowest BCUT2D eigenvalue weighted by Crippen LogP contribution is -2.35. The van der Waals surface area contributed by atoms with E-state index >= 15 is 0 Å². The lowest BCUT2D eigenvalue weighted by atomic mass is 10.1. The third-order valence-corrected chi connectivity index (χ3v) is 4.05. The van der Waals surface area contributed by atoms with Gasteiger partial charge in [-0.25, -0.2) is 4.79 Å². The molecule has 2 rings (SSSR count). The van der Waals surface area contributed by atoms with E-state index in [4.69, 9.17) is 21.5 Å². The van der Waals surface area contributed by atoms with Gasteiger partial charge in [-0.05, 0) is 45.8 Å². The Bertz CT molecular complexity index is 640. The topological polar surface area (TPSA) is 70.6 Å². The zero-order valence-corrected chi connectivity index (χ0v) is 13.8. The van der Waals surface area contributed by atoms with Gasteiger partial charge in [0.15, 0.2) is 6.23 Å². The van der Waals surface area contributed by atoms with E-state index in [1.165, 1.54) is 0 Å². The highest BCUT2D eigenvalue weighted by Gasteiger charge is 2.15. The highest BCUT2D eigenvalue weighted by molar-refractivity contribution is 9.10. The van der Waals surface area contributed by atoms with Crippen LogP contribution in [0.2, 0.25) is 5.02 Å². The number of ether oxygens (including phenoxy) is 1. The van der Waals surface area contributed by atoms with Crippen molar-refractivity contribution >= 4 is 39.3 Å². The maximum Gasteiger partial charge on any atom is 0.413 e. The van der Waals surface area contributed by atoms with Gasteiger partial charge in [0, 0.05) is 16.6 Å². The van der Waals surface area contributed by atoms with Crippen LogP contribution in [0.3, 0.4) is 0 Å². The van der Waals surface area contributed by atoms with Gasteiger partial charge in [0.1, 0.15) is 0 Å². The largest absolute Gasteiger partial charge is 0.428 e. The van der Waals surface area contributed by atoms with Crippen LogP contribution in [-0.4, -0.2) is 17.5 Å². The summed E-state index contributed by atoms with van der Waals surface area (Å²) in [5.74, 6) is 0.